The fourth-order valence-electron chi connectivity index (χ4n) is 4.28. The second kappa shape index (κ2) is 6.90. The first kappa shape index (κ1) is 17.5. The molecule has 1 N–H and O–H groups in total. The molecule has 0 aromatic heterocycles. The number of ether oxygens (including phenoxy) is 1. The molecule has 1 unspecified atom stereocenters. The predicted molar refractivity (Wildman–Crippen MR) is 93.6 cm³/mol. The maximum atomic E-state index is 11.5. The van der Waals surface area contributed by atoms with E-state index in [2.05, 4.69) is 10.0 Å². The van der Waals surface area contributed by atoms with Gasteiger partial charge in [0, 0.05) is 18.3 Å². The molecule has 3 atom stereocenters. The van der Waals surface area contributed by atoms with Crippen molar-refractivity contribution < 1.29 is 14.6 Å². The van der Waals surface area contributed by atoms with Gasteiger partial charge in [-0.3, -0.25) is 4.79 Å². The number of azide groups is 1. The van der Waals surface area contributed by atoms with Gasteiger partial charge in [0.15, 0.2) is 0 Å². The number of esters is 1. The number of fused-ring (bicyclic) bond motifs is 2. The average molecular weight is 341 g/mol. The zero-order chi connectivity index (χ0) is 17.9. The predicted octanol–water partition coefficient (Wildman–Crippen LogP) is 4.37. The van der Waals surface area contributed by atoms with Crippen LogP contribution in [0.4, 0.5) is 0 Å². The Labute approximate surface area is 147 Å². The number of hydrogen-bond donors (Lipinski definition) is 1. The molecular weight excluding hydrogens is 318 g/mol. The SMILES string of the molecule is CC(=O)O[C@H](C[C@@]1(O)C=C2CCCC(N=[N+]=[N-])(C2)C1)c1ccccc1. The molecule has 6 heteroatoms. The third-order valence-corrected chi connectivity index (χ3v) is 5.08. The quantitative estimate of drug-likeness (QED) is 0.283. The summed E-state index contributed by atoms with van der Waals surface area (Å²) in [6, 6.07) is 9.43. The number of hydrogen-bond acceptors (Lipinski definition) is 4. The minimum Gasteiger partial charge on any atom is -0.458 e. The Morgan fingerprint density at radius 3 is 2.88 bits per heavy atom. The van der Waals surface area contributed by atoms with Gasteiger partial charge in [-0.15, -0.1) is 0 Å². The van der Waals surface area contributed by atoms with Crippen molar-refractivity contribution >= 4 is 5.97 Å². The summed E-state index contributed by atoms with van der Waals surface area (Å²) in [5.41, 5.74) is 9.21. The Balaban J connectivity index is 1.90. The number of rotatable bonds is 5. The lowest BCUT2D eigenvalue weighted by Crippen LogP contribution is -2.45. The van der Waals surface area contributed by atoms with Gasteiger partial charge < -0.3 is 9.84 Å². The summed E-state index contributed by atoms with van der Waals surface area (Å²) in [6.07, 6.45) is 5.34. The van der Waals surface area contributed by atoms with Gasteiger partial charge in [-0.05, 0) is 43.2 Å². The van der Waals surface area contributed by atoms with E-state index in [1.807, 2.05) is 36.4 Å². The Hall–Kier alpha value is -2.30. The highest BCUT2D eigenvalue weighted by molar-refractivity contribution is 5.66. The zero-order valence-electron chi connectivity index (χ0n) is 14.4. The third kappa shape index (κ3) is 4.03. The molecule has 25 heavy (non-hydrogen) atoms. The average Bonchev–Trinajstić information content (AvgIpc) is 2.54. The van der Waals surface area contributed by atoms with Gasteiger partial charge in [-0.1, -0.05) is 47.1 Å². The first-order valence-electron chi connectivity index (χ1n) is 8.65. The Morgan fingerprint density at radius 1 is 1.44 bits per heavy atom. The Bertz CT molecular complexity index is 727. The van der Waals surface area contributed by atoms with E-state index in [9.17, 15) is 9.90 Å². The van der Waals surface area contributed by atoms with Crippen LogP contribution < -0.4 is 0 Å². The van der Waals surface area contributed by atoms with Crippen molar-refractivity contribution in [1.82, 2.24) is 0 Å². The van der Waals surface area contributed by atoms with Crippen molar-refractivity contribution in [3.05, 3.63) is 58.0 Å². The maximum Gasteiger partial charge on any atom is 0.303 e. The van der Waals surface area contributed by atoms with Gasteiger partial charge >= 0.3 is 5.97 Å². The summed E-state index contributed by atoms with van der Waals surface area (Å²) in [4.78, 5) is 14.6. The molecule has 2 bridgehead atoms. The van der Waals surface area contributed by atoms with Crippen LogP contribution >= 0.6 is 0 Å². The van der Waals surface area contributed by atoms with Crippen LogP contribution in [0, 0.1) is 0 Å². The van der Waals surface area contributed by atoms with Crippen LogP contribution in [0.5, 0.6) is 0 Å². The van der Waals surface area contributed by atoms with Crippen molar-refractivity contribution in [1.29, 1.82) is 0 Å². The lowest BCUT2D eigenvalue weighted by molar-refractivity contribution is -0.149. The summed E-state index contributed by atoms with van der Waals surface area (Å²) >= 11 is 0. The number of benzene rings is 1. The molecule has 3 rings (SSSR count). The molecule has 0 radical (unpaired) electrons. The molecule has 1 aromatic rings. The molecule has 0 aliphatic heterocycles. The van der Waals surface area contributed by atoms with E-state index in [0.717, 1.165) is 30.4 Å². The van der Waals surface area contributed by atoms with E-state index in [0.29, 0.717) is 12.8 Å². The second-order valence-corrected chi connectivity index (χ2v) is 7.24. The van der Waals surface area contributed by atoms with Gasteiger partial charge in [0.2, 0.25) is 0 Å². The Kier molecular flexibility index (Phi) is 4.84. The number of nitrogens with zero attached hydrogens (tertiary/aromatic N) is 3. The number of aliphatic hydroxyl groups is 1. The normalized spacial score (nSPS) is 29.1. The molecular formula is C19H23N3O3. The van der Waals surface area contributed by atoms with Gasteiger partial charge in [-0.25, -0.2) is 0 Å². The highest BCUT2D eigenvalue weighted by Crippen LogP contribution is 2.48. The summed E-state index contributed by atoms with van der Waals surface area (Å²) in [6.45, 7) is 1.37. The third-order valence-electron chi connectivity index (χ3n) is 5.08. The van der Waals surface area contributed by atoms with Crippen LogP contribution in [0.15, 0.2) is 47.1 Å². The highest BCUT2D eigenvalue weighted by Gasteiger charge is 2.46. The highest BCUT2D eigenvalue weighted by atomic mass is 16.5. The van der Waals surface area contributed by atoms with Crippen LogP contribution in [-0.2, 0) is 9.53 Å². The van der Waals surface area contributed by atoms with Crippen molar-refractivity contribution in [3.63, 3.8) is 0 Å². The molecule has 1 aromatic carbocycles. The van der Waals surface area contributed by atoms with Crippen molar-refractivity contribution in [2.45, 2.75) is 62.7 Å². The van der Waals surface area contributed by atoms with Crippen molar-refractivity contribution in [2.75, 3.05) is 0 Å². The summed E-state index contributed by atoms with van der Waals surface area (Å²) < 4.78 is 5.49. The first-order valence-corrected chi connectivity index (χ1v) is 8.65. The number of carbonyl (C=O) groups excluding carboxylic acids is 1. The molecule has 0 heterocycles. The molecule has 2 aliphatic carbocycles. The molecule has 1 saturated carbocycles. The second-order valence-electron chi connectivity index (χ2n) is 7.24. The van der Waals surface area contributed by atoms with Gasteiger partial charge in [0.25, 0.3) is 0 Å². The summed E-state index contributed by atoms with van der Waals surface area (Å²) in [7, 11) is 0. The molecule has 6 nitrogen and oxygen atoms in total. The number of carbonyl (C=O) groups is 1. The van der Waals surface area contributed by atoms with Crippen LogP contribution in [-0.4, -0.2) is 22.2 Å². The maximum absolute atomic E-state index is 11.5. The van der Waals surface area contributed by atoms with E-state index < -0.39 is 17.2 Å². The molecule has 1 fully saturated rings. The standard InChI is InChI=1S/C19H23N3O3/c1-14(23)25-17(16-7-3-2-4-8-16)12-19(24)11-15-6-5-9-18(10-15,13-19)21-22-20/h2-4,7-8,11,17,24H,5-6,9-10,12-13H2,1H3/t17-,18?,19+/m1/s1. The van der Waals surface area contributed by atoms with Crippen LogP contribution in [0.3, 0.4) is 0 Å². The minimum absolute atomic E-state index is 0.253. The van der Waals surface area contributed by atoms with Gasteiger partial charge in [0.1, 0.15) is 6.10 Å². The molecule has 132 valence electrons. The van der Waals surface area contributed by atoms with E-state index in [1.54, 1.807) is 0 Å². The van der Waals surface area contributed by atoms with E-state index in [-0.39, 0.29) is 12.4 Å². The lowest BCUT2D eigenvalue weighted by Gasteiger charge is -2.45. The topological polar surface area (TPSA) is 95.3 Å². The van der Waals surface area contributed by atoms with E-state index in [4.69, 9.17) is 10.3 Å². The fraction of sp³-hybridized carbons (Fsp3) is 0.526. The van der Waals surface area contributed by atoms with Crippen LogP contribution in [0.2, 0.25) is 0 Å². The van der Waals surface area contributed by atoms with Crippen LogP contribution in [0.25, 0.3) is 10.4 Å². The van der Waals surface area contributed by atoms with E-state index >= 15 is 0 Å². The first-order chi connectivity index (χ1) is 11.9. The largest absolute Gasteiger partial charge is 0.458 e. The molecule has 0 saturated heterocycles. The molecule has 2 aliphatic rings. The smallest absolute Gasteiger partial charge is 0.303 e. The summed E-state index contributed by atoms with van der Waals surface area (Å²) in [5, 5.41) is 15.3. The van der Waals surface area contributed by atoms with Crippen molar-refractivity contribution in [3.8, 4) is 0 Å². The van der Waals surface area contributed by atoms with Crippen LogP contribution in [0.1, 0.15) is 57.1 Å². The van der Waals surface area contributed by atoms with Gasteiger partial charge in [-0.2, -0.15) is 0 Å². The minimum atomic E-state index is -1.15. The molecule has 0 spiro atoms. The molecule has 0 amide bonds. The monoisotopic (exact) mass is 341 g/mol. The van der Waals surface area contributed by atoms with Crippen molar-refractivity contribution in [2.24, 2.45) is 5.11 Å². The van der Waals surface area contributed by atoms with E-state index in [1.165, 1.54) is 6.92 Å². The van der Waals surface area contributed by atoms with Gasteiger partial charge in [0.05, 0.1) is 11.1 Å². The summed E-state index contributed by atoms with van der Waals surface area (Å²) in [5.74, 6) is -0.383. The zero-order valence-corrected chi connectivity index (χ0v) is 14.4. The Morgan fingerprint density at radius 2 is 2.20 bits per heavy atom. The fourth-order valence-corrected chi connectivity index (χ4v) is 4.28. The lowest BCUT2D eigenvalue weighted by atomic mass is 9.66.